The van der Waals surface area contributed by atoms with E-state index in [1.54, 1.807) is 18.1 Å². The van der Waals surface area contributed by atoms with Crippen LogP contribution in [0.15, 0.2) is 29.2 Å². The minimum atomic E-state index is -0.955. The van der Waals surface area contributed by atoms with E-state index in [4.69, 9.17) is 16.3 Å². The van der Waals surface area contributed by atoms with E-state index in [0.29, 0.717) is 25.9 Å². The van der Waals surface area contributed by atoms with Crippen LogP contribution < -0.4 is 10.7 Å². The van der Waals surface area contributed by atoms with Gasteiger partial charge in [-0.1, -0.05) is 23.7 Å². The Balaban J connectivity index is 1.65. The molecule has 2 amide bonds. The van der Waals surface area contributed by atoms with Crippen molar-refractivity contribution in [2.45, 2.75) is 44.5 Å². The summed E-state index contributed by atoms with van der Waals surface area (Å²) in [4.78, 5) is 40.1. The van der Waals surface area contributed by atoms with Crippen molar-refractivity contribution in [2.24, 2.45) is 0 Å². The summed E-state index contributed by atoms with van der Waals surface area (Å²) in [7, 11) is 1.61. The van der Waals surface area contributed by atoms with Crippen molar-refractivity contribution in [3.05, 3.63) is 62.3 Å². The van der Waals surface area contributed by atoms with Gasteiger partial charge in [0.05, 0.1) is 16.7 Å². The van der Waals surface area contributed by atoms with Crippen molar-refractivity contribution in [3.8, 4) is 5.75 Å². The molecule has 8 nitrogen and oxygen atoms in total. The molecule has 0 unspecified atom stereocenters. The summed E-state index contributed by atoms with van der Waals surface area (Å²) >= 11 is 5.76. The fourth-order valence-electron chi connectivity index (χ4n) is 4.65. The number of nitrogens with one attached hydrogen (secondary N) is 1. The summed E-state index contributed by atoms with van der Waals surface area (Å²) < 4.78 is 20.9. The number of rotatable bonds is 5. The average Bonchev–Trinajstić information content (AvgIpc) is 2.74. The maximum absolute atomic E-state index is 14.1. The topological polar surface area (TPSA) is 101 Å². The Kier molecular flexibility index (Phi) is 5.72. The molecule has 170 valence electrons. The monoisotopic (exact) mass is 463 g/mol. The standard InChI is InChI=1S/C22H23ClFN3O5/c1-3-27-21(31)17-19(29)18(28)14(10-26(17)11-22(27)7-13(8-22)32-2)20(30)25-9-12-5-4-6-15(23)16(12)24/h4-6,10,13,29H,3,7-9,11H2,1-2H3,(H,25,30)/t13-,22-. The van der Waals surface area contributed by atoms with Gasteiger partial charge in [0.1, 0.15) is 11.4 Å². The predicted octanol–water partition coefficient (Wildman–Crippen LogP) is 2.30. The summed E-state index contributed by atoms with van der Waals surface area (Å²) in [6.07, 6.45) is 2.53. The molecule has 0 atom stereocenters. The third-order valence-corrected chi connectivity index (χ3v) is 6.61. The number of aromatic nitrogens is 1. The molecular formula is C22H23ClFN3O5. The molecule has 1 saturated carbocycles. The Labute approximate surface area is 188 Å². The van der Waals surface area contributed by atoms with Gasteiger partial charge in [0.15, 0.2) is 11.4 Å². The first-order valence-corrected chi connectivity index (χ1v) is 10.6. The molecule has 1 aliphatic carbocycles. The number of aromatic hydroxyl groups is 1. The minimum absolute atomic E-state index is 0.0155. The summed E-state index contributed by atoms with van der Waals surface area (Å²) in [5, 5.41) is 12.9. The highest BCUT2D eigenvalue weighted by atomic mass is 35.5. The molecule has 1 fully saturated rings. The van der Waals surface area contributed by atoms with E-state index in [-0.39, 0.29) is 34.5 Å². The van der Waals surface area contributed by atoms with Gasteiger partial charge in [-0.15, -0.1) is 0 Å². The molecule has 2 heterocycles. The summed E-state index contributed by atoms with van der Waals surface area (Å²) in [6.45, 7) is 2.37. The molecule has 2 aromatic rings. The molecule has 10 heteroatoms. The molecule has 1 spiro atoms. The van der Waals surface area contributed by atoms with Crippen molar-refractivity contribution in [1.29, 1.82) is 0 Å². The van der Waals surface area contributed by atoms with Gasteiger partial charge < -0.3 is 24.6 Å². The Morgan fingerprint density at radius 2 is 2.09 bits per heavy atom. The lowest BCUT2D eigenvalue weighted by Crippen LogP contribution is -2.66. The van der Waals surface area contributed by atoms with Crippen LogP contribution in [-0.4, -0.2) is 51.7 Å². The second-order valence-corrected chi connectivity index (χ2v) is 8.54. The van der Waals surface area contributed by atoms with E-state index >= 15 is 0 Å². The maximum Gasteiger partial charge on any atom is 0.275 e. The zero-order chi connectivity index (χ0) is 23.2. The SMILES string of the molecule is CCN1C(=O)c2c(O)c(=O)c(C(=O)NCc3cccc(Cl)c3F)cn2C[C@]12C[C@@H](OC)C2. The number of ether oxygens (including phenoxy) is 1. The van der Waals surface area contributed by atoms with Gasteiger partial charge in [0, 0.05) is 38.5 Å². The molecular weight excluding hydrogens is 441 g/mol. The number of carbonyl (C=O) groups is 2. The molecule has 0 saturated heterocycles. The minimum Gasteiger partial charge on any atom is -0.503 e. The first-order chi connectivity index (χ1) is 15.2. The largest absolute Gasteiger partial charge is 0.503 e. The first-order valence-electron chi connectivity index (χ1n) is 10.2. The number of halogens is 2. The van der Waals surface area contributed by atoms with Gasteiger partial charge in [-0.3, -0.25) is 14.4 Å². The third-order valence-electron chi connectivity index (χ3n) is 6.32. The average molecular weight is 464 g/mol. The molecule has 4 rings (SSSR count). The van der Waals surface area contributed by atoms with Gasteiger partial charge in [-0.05, 0) is 25.8 Å². The third kappa shape index (κ3) is 3.45. The van der Waals surface area contributed by atoms with Crippen LogP contribution >= 0.6 is 11.6 Å². The molecule has 2 N–H and O–H groups in total. The van der Waals surface area contributed by atoms with E-state index < -0.39 is 34.3 Å². The van der Waals surface area contributed by atoms with Crippen LogP contribution in [0.2, 0.25) is 5.02 Å². The zero-order valence-electron chi connectivity index (χ0n) is 17.7. The lowest BCUT2D eigenvalue weighted by atomic mass is 9.71. The number of carbonyl (C=O) groups excluding carboxylic acids is 2. The summed E-state index contributed by atoms with van der Waals surface area (Å²) in [5.41, 5.74) is -1.77. The quantitative estimate of drug-likeness (QED) is 0.708. The number of benzene rings is 1. The van der Waals surface area contributed by atoms with E-state index in [0.717, 1.165) is 0 Å². The number of likely N-dealkylation sites (N-methyl/N-ethyl adjacent to an activating group) is 1. The Morgan fingerprint density at radius 3 is 2.75 bits per heavy atom. The molecule has 0 radical (unpaired) electrons. The predicted molar refractivity (Wildman–Crippen MR) is 114 cm³/mol. The maximum atomic E-state index is 14.1. The van der Waals surface area contributed by atoms with Gasteiger partial charge in [0.2, 0.25) is 5.43 Å². The Morgan fingerprint density at radius 1 is 1.38 bits per heavy atom. The highest BCUT2D eigenvalue weighted by Gasteiger charge is 2.54. The van der Waals surface area contributed by atoms with Gasteiger partial charge in [-0.2, -0.15) is 0 Å². The van der Waals surface area contributed by atoms with Crippen LogP contribution in [0.25, 0.3) is 0 Å². The van der Waals surface area contributed by atoms with E-state index in [2.05, 4.69) is 5.32 Å². The number of pyridine rings is 1. The molecule has 1 aromatic heterocycles. The number of hydrogen-bond acceptors (Lipinski definition) is 5. The van der Waals surface area contributed by atoms with Crippen molar-refractivity contribution in [3.63, 3.8) is 0 Å². The molecule has 1 aromatic carbocycles. The van der Waals surface area contributed by atoms with E-state index in [1.807, 2.05) is 6.92 Å². The summed E-state index contributed by atoms with van der Waals surface area (Å²) in [6, 6.07) is 4.39. The number of hydrogen-bond donors (Lipinski definition) is 2. The fourth-order valence-corrected chi connectivity index (χ4v) is 4.84. The van der Waals surface area contributed by atoms with Crippen LogP contribution in [0, 0.1) is 5.82 Å². The van der Waals surface area contributed by atoms with Crippen LogP contribution in [0.3, 0.4) is 0 Å². The smallest absolute Gasteiger partial charge is 0.275 e. The highest BCUT2D eigenvalue weighted by molar-refractivity contribution is 6.30. The lowest BCUT2D eigenvalue weighted by molar-refractivity contribution is -0.0910. The number of nitrogens with zero attached hydrogens (tertiary/aromatic N) is 2. The van der Waals surface area contributed by atoms with Crippen LogP contribution in [0.4, 0.5) is 4.39 Å². The summed E-state index contributed by atoms with van der Waals surface area (Å²) in [5.74, 6) is -2.68. The van der Waals surface area contributed by atoms with Crippen molar-refractivity contribution in [1.82, 2.24) is 14.8 Å². The molecule has 1 aliphatic heterocycles. The lowest BCUT2D eigenvalue weighted by Gasteiger charge is -2.56. The molecule has 32 heavy (non-hydrogen) atoms. The van der Waals surface area contributed by atoms with Crippen molar-refractivity contribution in [2.75, 3.05) is 13.7 Å². The van der Waals surface area contributed by atoms with Crippen LogP contribution in [0.1, 0.15) is 46.2 Å². The molecule has 2 aliphatic rings. The van der Waals surface area contributed by atoms with Crippen molar-refractivity contribution < 1.29 is 23.8 Å². The highest BCUT2D eigenvalue weighted by Crippen LogP contribution is 2.44. The van der Waals surface area contributed by atoms with Gasteiger partial charge in [0.25, 0.3) is 11.8 Å². The second kappa shape index (κ2) is 8.22. The van der Waals surface area contributed by atoms with Gasteiger partial charge >= 0.3 is 0 Å². The Hall–Kier alpha value is -2.91. The second-order valence-electron chi connectivity index (χ2n) is 8.13. The normalized spacial score (nSPS) is 21.9. The number of amides is 2. The van der Waals surface area contributed by atoms with Crippen LogP contribution in [-0.2, 0) is 17.8 Å². The Bertz CT molecular complexity index is 1160. The first kappa shape index (κ1) is 22.3. The number of methoxy groups -OCH3 is 1. The number of fused-ring (bicyclic) bond motifs is 1. The van der Waals surface area contributed by atoms with Crippen LogP contribution in [0.5, 0.6) is 5.75 Å². The van der Waals surface area contributed by atoms with E-state index in [9.17, 15) is 23.9 Å². The van der Waals surface area contributed by atoms with Gasteiger partial charge in [-0.25, -0.2) is 4.39 Å². The van der Waals surface area contributed by atoms with Crippen molar-refractivity contribution >= 4 is 23.4 Å². The zero-order valence-corrected chi connectivity index (χ0v) is 18.4. The van der Waals surface area contributed by atoms with E-state index in [1.165, 1.54) is 22.9 Å². The fraction of sp³-hybridized carbons (Fsp3) is 0.409. The molecule has 0 bridgehead atoms.